The van der Waals surface area contributed by atoms with Crippen LogP contribution in [0.15, 0.2) is 164 Å². The lowest BCUT2D eigenvalue weighted by atomic mass is 9.69. The lowest BCUT2D eigenvalue weighted by molar-refractivity contribution is 0.799. The molecule has 0 unspecified atom stereocenters. The van der Waals surface area contributed by atoms with E-state index >= 15 is 0 Å². The van der Waals surface area contributed by atoms with Crippen molar-refractivity contribution >= 4 is 21.5 Å². The molecule has 1 heterocycles. The number of hydrogen-bond donors (Lipinski definition) is 0. The molecule has 7 aromatic carbocycles. The fourth-order valence-corrected chi connectivity index (χ4v) is 8.19. The van der Waals surface area contributed by atoms with Crippen molar-refractivity contribution in [1.82, 2.24) is 4.98 Å². The van der Waals surface area contributed by atoms with Crippen LogP contribution in [0.5, 0.6) is 0 Å². The quantitative estimate of drug-likeness (QED) is 0.202. The highest BCUT2D eigenvalue weighted by Gasteiger charge is 2.53. The fraction of sp³-hybridized carbons (Fsp3) is 0.0227. The van der Waals surface area contributed by atoms with Crippen molar-refractivity contribution in [2.75, 3.05) is 0 Å². The summed E-state index contributed by atoms with van der Waals surface area (Å²) >= 11 is 0. The Morgan fingerprint density at radius 1 is 0.356 bits per heavy atom. The SMILES string of the molecule is c1ccc2c(c1)-c1ccccc1C21c2ccccc2-c2nc(-c3ccc(-c4ccc5ccccc5c4)cc3)c3ccccc3c21. The summed E-state index contributed by atoms with van der Waals surface area (Å²) < 4.78 is 0. The van der Waals surface area contributed by atoms with Gasteiger partial charge in [-0.15, -0.1) is 0 Å². The highest BCUT2D eigenvalue weighted by atomic mass is 14.8. The Balaban J connectivity index is 1.23. The molecule has 1 nitrogen and oxygen atoms in total. The topological polar surface area (TPSA) is 12.9 Å². The number of fused-ring (bicyclic) bond motifs is 13. The van der Waals surface area contributed by atoms with Crippen LogP contribution < -0.4 is 0 Å². The Morgan fingerprint density at radius 2 is 0.867 bits per heavy atom. The molecule has 0 N–H and O–H groups in total. The van der Waals surface area contributed by atoms with E-state index in [1.54, 1.807) is 0 Å². The van der Waals surface area contributed by atoms with Crippen LogP contribution in [0.2, 0.25) is 0 Å². The van der Waals surface area contributed by atoms with Gasteiger partial charge in [0.25, 0.3) is 0 Å². The maximum Gasteiger partial charge on any atom is 0.0788 e. The third-order valence-corrected chi connectivity index (χ3v) is 10.1. The summed E-state index contributed by atoms with van der Waals surface area (Å²) in [5.41, 5.74) is 14.4. The van der Waals surface area contributed by atoms with Gasteiger partial charge in [0, 0.05) is 22.1 Å². The largest absolute Gasteiger partial charge is 0.247 e. The second-order valence-corrected chi connectivity index (χ2v) is 12.3. The van der Waals surface area contributed by atoms with E-state index in [0.717, 1.165) is 17.0 Å². The highest BCUT2D eigenvalue weighted by molar-refractivity contribution is 6.06. The van der Waals surface area contributed by atoms with E-state index in [1.165, 1.54) is 71.6 Å². The molecule has 8 aromatic rings. The monoisotopic (exact) mass is 569 g/mol. The summed E-state index contributed by atoms with van der Waals surface area (Å²) in [6.45, 7) is 0. The van der Waals surface area contributed by atoms with Crippen LogP contribution in [-0.4, -0.2) is 4.98 Å². The zero-order chi connectivity index (χ0) is 29.5. The van der Waals surface area contributed by atoms with Gasteiger partial charge >= 0.3 is 0 Å². The van der Waals surface area contributed by atoms with Crippen LogP contribution in [0, 0.1) is 0 Å². The smallest absolute Gasteiger partial charge is 0.0788 e. The maximum absolute atomic E-state index is 5.60. The van der Waals surface area contributed by atoms with E-state index in [0.29, 0.717) is 0 Å². The van der Waals surface area contributed by atoms with Crippen LogP contribution in [0.4, 0.5) is 0 Å². The van der Waals surface area contributed by atoms with Crippen molar-refractivity contribution in [2.45, 2.75) is 5.41 Å². The molecule has 2 aliphatic carbocycles. The molecule has 10 rings (SSSR count). The molecule has 1 heteroatoms. The van der Waals surface area contributed by atoms with E-state index in [1.807, 2.05) is 0 Å². The molecule has 0 radical (unpaired) electrons. The molecule has 0 saturated heterocycles. The summed E-state index contributed by atoms with van der Waals surface area (Å²) in [6, 6.07) is 59.9. The second kappa shape index (κ2) is 9.11. The van der Waals surface area contributed by atoms with Crippen LogP contribution in [0.25, 0.3) is 66.3 Å². The Kier molecular flexibility index (Phi) is 4.99. The maximum atomic E-state index is 5.60. The minimum atomic E-state index is -0.413. The van der Waals surface area contributed by atoms with Crippen molar-refractivity contribution in [3.63, 3.8) is 0 Å². The van der Waals surface area contributed by atoms with Crippen LogP contribution in [-0.2, 0) is 5.41 Å². The normalized spacial score (nSPS) is 13.5. The summed E-state index contributed by atoms with van der Waals surface area (Å²) in [6.07, 6.45) is 0. The van der Waals surface area contributed by atoms with Gasteiger partial charge < -0.3 is 0 Å². The predicted molar refractivity (Wildman–Crippen MR) is 186 cm³/mol. The van der Waals surface area contributed by atoms with Gasteiger partial charge in [-0.3, -0.25) is 0 Å². The highest BCUT2D eigenvalue weighted by Crippen LogP contribution is 2.63. The number of benzene rings is 7. The van der Waals surface area contributed by atoms with Crippen molar-refractivity contribution in [3.05, 3.63) is 186 Å². The first kappa shape index (κ1) is 24.6. The van der Waals surface area contributed by atoms with Crippen molar-refractivity contribution in [3.8, 4) is 44.8 Å². The average molecular weight is 570 g/mol. The van der Waals surface area contributed by atoms with Crippen molar-refractivity contribution in [1.29, 1.82) is 0 Å². The number of nitrogens with zero attached hydrogens (tertiary/aromatic N) is 1. The summed E-state index contributed by atoms with van der Waals surface area (Å²) in [5, 5.41) is 4.97. The third kappa shape index (κ3) is 3.25. The van der Waals surface area contributed by atoms with Crippen LogP contribution in [0.3, 0.4) is 0 Å². The summed E-state index contributed by atoms with van der Waals surface area (Å²) in [7, 11) is 0. The van der Waals surface area contributed by atoms with Gasteiger partial charge in [0.2, 0.25) is 0 Å². The number of hydrogen-bond acceptors (Lipinski definition) is 1. The molecule has 1 spiro atoms. The van der Waals surface area contributed by atoms with Gasteiger partial charge in [0.05, 0.1) is 16.8 Å². The zero-order valence-corrected chi connectivity index (χ0v) is 24.5. The van der Waals surface area contributed by atoms with Gasteiger partial charge in [-0.2, -0.15) is 0 Å². The molecule has 0 amide bonds. The Hall–Kier alpha value is -5.79. The number of pyridine rings is 1. The van der Waals surface area contributed by atoms with Gasteiger partial charge in [0.15, 0.2) is 0 Å². The van der Waals surface area contributed by atoms with Gasteiger partial charge in [-0.05, 0) is 61.2 Å². The lowest BCUT2D eigenvalue weighted by Crippen LogP contribution is -2.26. The van der Waals surface area contributed by atoms with E-state index in [4.69, 9.17) is 4.98 Å². The van der Waals surface area contributed by atoms with Crippen molar-refractivity contribution in [2.24, 2.45) is 0 Å². The third-order valence-electron chi connectivity index (χ3n) is 10.1. The zero-order valence-electron chi connectivity index (χ0n) is 24.5. The minimum absolute atomic E-state index is 0.413. The second-order valence-electron chi connectivity index (χ2n) is 12.3. The Morgan fingerprint density at radius 3 is 1.58 bits per heavy atom. The lowest BCUT2D eigenvalue weighted by Gasteiger charge is -2.31. The van der Waals surface area contributed by atoms with Crippen molar-refractivity contribution < 1.29 is 0 Å². The molecule has 1 aromatic heterocycles. The van der Waals surface area contributed by atoms with Crippen LogP contribution >= 0.6 is 0 Å². The van der Waals surface area contributed by atoms with Gasteiger partial charge in [-0.1, -0.05) is 158 Å². The Labute approximate surface area is 262 Å². The molecule has 0 bridgehead atoms. The number of rotatable bonds is 2. The average Bonchev–Trinajstić information content (AvgIpc) is 3.58. The standard InChI is InChI=1S/C44H27N/c1-2-12-31-27-32(26-23-28(31)11-1)29-21-24-30(25-22-29)42-36-16-4-3-15-35(36)41-43(45-42)37-17-7-10-20-40(37)44(41)38-18-8-5-13-33(38)34-14-6-9-19-39(34)44/h1-27H. The molecular formula is C44H27N. The van der Waals surface area contributed by atoms with E-state index in [-0.39, 0.29) is 0 Å². The minimum Gasteiger partial charge on any atom is -0.247 e. The molecule has 208 valence electrons. The Bertz CT molecular complexity index is 2440. The van der Waals surface area contributed by atoms with E-state index in [2.05, 4.69) is 164 Å². The van der Waals surface area contributed by atoms with E-state index in [9.17, 15) is 0 Å². The first-order valence-electron chi connectivity index (χ1n) is 15.6. The molecular weight excluding hydrogens is 542 g/mol. The molecule has 0 aliphatic heterocycles. The molecule has 45 heavy (non-hydrogen) atoms. The van der Waals surface area contributed by atoms with Crippen LogP contribution in [0.1, 0.15) is 22.3 Å². The molecule has 0 saturated carbocycles. The molecule has 0 atom stereocenters. The van der Waals surface area contributed by atoms with E-state index < -0.39 is 5.41 Å². The molecule has 2 aliphatic rings. The fourth-order valence-electron chi connectivity index (χ4n) is 8.19. The first-order chi connectivity index (χ1) is 22.3. The van der Waals surface area contributed by atoms with Gasteiger partial charge in [0.1, 0.15) is 0 Å². The predicted octanol–water partition coefficient (Wildman–Crippen LogP) is 11.1. The summed E-state index contributed by atoms with van der Waals surface area (Å²) in [5.74, 6) is 0. The number of aromatic nitrogens is 1. The summed E-state index contributed by atoms with van der Waals surface area (Å²) in [4.78, 5) is 5.60. The van der Waals surface area contributed by atoms with Gasteiger partial charge in [-0.25, -0.2) is 4.98 Å². The molecule has 0 fully saturated rings. The first-order valence-corrected chi connectivity index (χ1v) is 15.6.